The number of carbonyl (C=O) groups is 8. The van der Waals surface area contributed by atoms with Gasteiger partial charge in [-0.15, -0.1) is 22.7 Å². The Bertz CT molecular complexity index is 4010. The number of fused-ring (bicyclic) bond motifs is 3. The number of hydrogen-bond acceptors (Lipinski definition) is 20. The van der Waals surface area contributed by atoms with E-state index in [0.717, 1.165) is 49.6 Å². The van der Waals surface area contributed by atoms with Crippen molar-refractivity contribution in [3.8, 4) is 16.9 Å². The van der Waals surface area contributed by atoms with Crippen LogP contribution in [0, 0.1) is 18.8 Å². The van der Waals surface area contributed by atoms with Crippen molar-refractivity contribution in [2.75, 3.05) is 51.5 Å². The fourth-order valence-electron chi connectivity index (χ4n) is 12.8. The molecule has 2 aliphatic heterocycles. The first kappa shape index (κ1) is 81.7. The van der Waals surface area contributed by atoms with E-state index in [2.05, 4.69) is 55.7 Å². The summed E-state index contributed by atoms with van der Waals surface area (Å²) in [6.45, 7) is 14.0. The number of ether oxygens (including phenoxy) is 6. The minimum atomic E-state index is -1.15. The van der Waals surface area contributed by atoms with Crippen LogP contribution in [-0.4, -0.2) is 168 Å². The van der Waals surface area contributed by atoms with Crippen LogP contribution in [0.1, 0.15) is 110 Å². The van der Waals surface area contributed by atoms with Crippen molar-refractivity contribution in [2.45, 2.75) is 161 Å². The molecule has 7 aromatic rings. The lowest BCUT2D eigenvalue weighted by molar-refractivity contribution is -0.128. The summed E-state index contributed by atoms with van der Waals surface area (Å²) >= 11 is 2.85. The normalized spacial score (nSPS) is 15.6. The van der Waals surface area contributed by atoms with E-state index in [1.165, 1.54) is 49.2 Å². The van der Waals surface area contributed by atoms with Gasteiger partial charge in [-0.25, -0.2) is 29.0 Å². The van der Waals surface area contributed by atoms with Crippen molar-refractivity contribution in [1.29, 1.82) is 0 Å². The van der Waals surface area contributed by atoms with Gasteiger partial charge in [0.25, 0.3) is 5.91 Å². The largest absolute Gasteiger partial charge is 0.508 e. The number of hydrogen-bond donors (Lipinski definition) is 6. The number of nitrogens with one attached hydrogen (secondary N) is 6. The van der Waals surface area contributed by atoms with Gasteiger partial charge in [-0.05, 0) is 84.2 Å². The second-order valence-electron chi connectivity index (χ2n) is 27.5. The number of aromatic nitrogens is 2. The first-order valence-electron chi connectivity index (χ1n) is 36.2. The number of thiazole rings is 2. The standard InChI is InChI=1S/C79H98N10O14S4/c1-50(2)69(87-76(94)88(8)45-60-48-104-74(84-60)52(5)6)72(91)82-58(38-54-23-12-9-13-24-54)42-66(64(40-56-27-16-11-17-28-56)86-77(95)101-46-61-44-80-49-105-61)102-78(96)98-34-36-106-107-37-35-99-79(97)103-67(65-41-57-29-18-19-30-62(57)63-31-20-22-53(7)71(63)100-47-68(90)85-65)43-59(39-55-25-14-10-15-26-55)83-73(92)70(51(3)4)89-33-21-32-81-75(89)93/h9-20,22-31,44,48-52,58-59,64-67,69-70H,21,32-43,45-47H2,1-8H3,(H,81,93)(H,82,91)(H,83,92)(H,85,90)(H,86,95)(H,87,94)/t58-,59-,64-,65-,66-,67-,69?,70?/m0/s1. The number of benzene rings is 5. The lowest BCUT2D eigenvalue weighted by Crippen LogP contribution is -2.59. The third kappa shape index (κ3) is 25.7. The van der Waals surface area contributed by atoms with E-state index >= 15 is 0 Å². The van der Waals surface area contributed by atoms with Gasteiger partial charge < -0.3 is 70.1 Å². The summed E-state index contributed by atoms with van der Waals surface area (Å²) in [6, 6.07) is 36.1. The van der Waals surface area contributed by atoms with E-state index in [-0.39, 0.29) is 106 Å². The molecule has 1 saturated heterocycles. The fourth-order valence-corrected chi connectivity index (χ4v) is 15.8. The van der Waals surface area contributed by atoms with Gasteiger partial charge in [0.05, 0.1) is 39.7 Å². The number of alkyl carbamates (subject to hydrolysis) is 1. The lowest BCUT2D eigenvalue weighted by Gasteiger charge is -2.37. The van der Waals surface area contributed by atoms with Crippen molar-refractivity contribution in [3.05, 3.63) is 194 Å². The van der Waals surface area contributed by atoms with E-state index in [1.807, 2.05) is 173 Å². The zero-order chi connectivity index (χ0) is 76.2. The van der Waals surface area contributed by atoms with E-state index in [4.69, 9.17) is 28.4 Å². The minimum Gasteiger partial charge on any atom is -0.483 e. The third-order valence-corrected chi connectivity index (χ3v) is 22.4. The Kier molecular flexibility index (Phi) is 31.8. The summed E-state index contributed by atoms with van der Waals surface area (Å²) in [6.07, 6.45) is -1.87. The van der Waals surface area contributed by atoms with Crippen LogP contribution >= 0.6 is 44.3 Å². The van der Waals surface area contributed by atoms with E-state index in [9.17, 15) is 38.4 Å². The van der Waals surface area contributed by atoms with Gasteiger partial charge in [0.1, 0.15) is 49.9 Å². The van der Waals surface area contributed by atoms with Crippen molar-refractivity contribution in [3.63, 3.8) is 0 Å². The zero-order valence-electron chi connectivity index (χ0n) is 61.7. The molecule has 8 amide bonds. The predicted octanol–water partition coefficient (Wildman–Crippen LogP) is 12.6. The Morgan fingerprint density at radius 3 is 1.93 bits per heavy atom. The Balaban J connectivity index is 0.878. The maximum Gasteiger partial charge on any atom is 0.508 e. The number of urea groups is 2. The van der Waals surface area contributed by atoms with Gasteiger partial charge in [0.2, 0.25) is 11.8 Å². The summed E-state index contributed by atoms with van der Waals surface area (Å²) in [5.74, 6) is -0.574. The highest BCUT2D eigenvalue weighted by atomic mass is 33.1. The van der Waals surface area contributed by atoms with Crippen molar-refractivity contribution in [2.24, 2.45) is 11.8 Å². The maximum absolute atomic E-state index is 14.7. The first-order chi connectivity index (χ1) is 51.6. The number of aryl methyl sites for hydroxylation is 1. The summed E-state index contributed by atoms with van der Waals surface area (Å²) in [5, 5.41) is 21.2. The molecule has 0 aliphatic carbocycles. The van der Waals surface area contributed by atoms with Crippen molar-refractivity contribution in [1.82, 2.24) is 51.7 Å². The Morgan fingerprint density at radius 1 is 0.692 bits per heavy atom. The highest BCUT2D eigenvalue weighted by Crippen LogP contribution is 2.37. The van der Waals surface area contributed by atoms with E-state index < -0.39 is 84.7 Å². The second-order valence-corrected chi connectivity index (χ2v) is 32.1. The molecule has 2 aromatic heterocycles. The Hall–Kier alpha value is -9.38. The van der Waals surface area contributed by atoms with Gasteiger partial charge in [-0.2, -0.15) is 0 Å². The molecule has 572 valence electrons. The Labute approximate surface area is 642 Å². The quantitative estimate of drug-likeness (QED) is 0.00931. The van der Waals surface area contributed by atoms with Crippen LogP contribution in [-0.2, 0) is 76.9 Å². The molecule has 24 nitrogen and oxygen atoms in total. The van der Waals surface area contributed by atoms with E-state index in [1.54, 1.807) is 23.7 Å². The number of carbonyl (C=O) groups excluding carboxylic acids is 8. The van der Waals surface area contributed by atoms with Crippen LogP contribution in [0.2, 0.25) is 0 Å². The van der Waals surface area contributed by atoms with Gasteiger partial charge in [-0.3, -0.25) is 19.4 Å². The summed E-state index contributed by atoms with van der Waals surface area (Å²) < 4.78 is 36.1. The molecule has 28 heteroatoms. The molecule has 0 spiro atoms. The zero-order valence-corrected chi connectivity index (χ0v) is 65.0. The molecule has 1 fully saturated rings. The molecule has 107 heavy (non-hydrogen) atoms. The van der Waals surface area contributed by atoms with Crippen LogP contribution in [0.4, 0.5) is 24.0 Å². The molecular formula is C79H98N10O14S4. The number of nitrogens with zero attached hydrogens (tertiary/aromatic N) is 4. The molecule has 8 atom stereocenters. The van der Waals surface area contributed by atoms with Crippen LogP contribution in [0.5, 0.6) is 5.75 Å². The molecule has 9 rings (SSSR count). The third-order valence-electron chi connectivity index (χ3n) is 18.1. The molecule has 6 N–H and O–H groups in total. The molecule has 4 heterocycles. The highest BCUT2D eigenvalue weighted by Gasteiger charge is 2.39. The fraction of sp³-hybridized carbons (Fsp3) is 0.443. The minimum absolute atomic E-state index is 0.0205. The summed E-state index contributed by atoms with van der Waals surface area (Å²) in [7, 11) is 4.34. The van der Waals surface area contributed by atoms with Crippen molar-refractivity contribution < 1.29 is 66.8 Å². The highest BCUT2D eigenvalue weighted by molar-refractivity contribution is 8.76. The molecule has 0 saturated carbocycles. The average molecular weight is 1540 g/mol. The molecule has 0 bridgehead atoms. The topological polar surface area (TPSA) is 296 Å². The van der Waals surface area contributed by atoms with Gasteiger partial charge in [0, 0.05) is 79.6 Å². The number of amides is 8. The average Bonchev–Trinajstić information content (AvgIpc) is 1.27. The lowest BCUT2D eigenvalue weighted by atomic mass is 9.89. The maximum atomic E-state index is 14.7. The Morgan fingerprint density at radius 2 is 1.31 bits per heavy atom. The van der Waals surface area contributed by atoms with Crippen LogP contribution < -0.4 is 36.6 Å². The molecule has 0 radical (unpaired) electrons. The van der Waals surface area contributed by atoms with Gasteiger partial charge in [-0.1, -0.05) is 197 Å². The predicted molar refractivity (Wildman–Crippen MR) is 416 cm³/mol. The summed E-state index contributed by atoms with van der Waals surface area (Å²) in [4.78, 5) is 125. The molecule has 5 aromatic carbocycles. The van der Waals surface area contributed by atoms with Gasteiger partial charge >= 0.3 is 30.5 Å². The second kappa shape index (κ2) is 41.7. The van der Waals surface area contributed by atoms with Crippen LogP contribution in [0.25, 0.3) is 11.1 Å². The van der Waals surface area contributed by atoms with Crippen molar-refractivity contribution >= 4 is 92.4 Å². The van der Waals surface area contributed by atoms with E-state index in [0.29, 0.717) is 36.6 Å². The number of para-hydroxylation sites is 1. The number of rotatable bonds is 35. The monoisotopic (exact) mass is 1540 g/mol. The summed E-state index contributed by atoms with van der Waals surface area (Å²) in [5.41, 5.74) is 8.27. The smallest absolute Gasteiger partial charge is 0.483 e. The molecule has 2 unspecified atom stereocenters. The molecular weight excluding hydrogens is 1440 g/mol. The van der Waals surface area contributed by atoms with Crippen LogP contribution in [0.3, 0.4) is 0 Å². The van der Waals surface area contributed by atoms with Crippen LogP contribution in [0.15, 0.2) is 151 Å². The SMILES string of the molecule is Cc1cccc2c1OCC(=O)N[C@H]([C@H](C[C@H](Cc1ccccc1)NC(=O)C(C(C)C)N1CCCNC1=O)OC(=O)OCCSSCCOC(=O)O[C@@H](C[C@H](Cc1ccccc1)NC(=O)C(NC(=O)N(C)Cc1csc(C(C)C)n1)C(C)C)[C@H](Cc1ccccc1)NC(=O)OCc1cncs1)Cc1ccccc1-2. The van der Waals surface area contributed by atoms with Gasteiger partial charge in [0.15, 0.2) is 6.61 Å². The molecule has 2 aliphatic rings. The first-order valence-corrected chi connectivity index (χ1v) is 40.4.